The van der Waals surface area contributed by atoms with Crippen LogP contribution in [0.25, 0.3) is 0 Å². The van der Waals surface area contributed by atoms with Gasteiger partial charge in [0, 0.05) is 0 Å². The highest BCUT2D eigenvalue weighted by molar-refractivity contribution is 7.46. The second-order valence-corrected chi connectivity index (χ2v) is 3.56. The summed E-state index contributed by atoms with van der Waals surface area (Å²) < 4.78 is 14.1. The minimum absolute atomic E-state index is 0.917. The van der Waals surface area contributed by atoms with Crippen molar-refractivity contribution in [1.29, 1.82) is 0 Å². The summed E-state index contributed by atoms with van der Waals surface area (Å²) in [4.78, 5) is 27.6. The fourth-order valence-corrected chi connectivity index (χ4v) is 1.15. The number of hydrogen-bond acceptors (Lipinski definition) is 6. The van der Waals surface area contributed by atoms with Gasteiger partial charge in [0.05, 0.1) is 13.2 Å². The molecule has 0 saturated heterocycles. The van der Waals surface area contributed by atoms with Crippen LogP contribution in [0.5, 0.6) is 0 Å². The summed E-state index contributed by atoms with van der Waals surface area (Å²) in [6.45, 7) is -1.92. The number of phosphoric acid groups is 1. The summed E-state index contributed by atoms with van der Waals surface area (Å²) >= 11 is 0. The van der Waals surface area contributed by atoms with Gasteiger partial charge in [0.15, 0.2) is 11.9 Å². The van der Waals surface area contributed by atoms with Gasteiger partial charge in [-0.1, -0.05) is 0 Å². The molecular weight excluding hydrogens is 219 g/mol. The molecule has 2 atom stereocenters. The predicted octanol–water partition coefficient (Wildman–Crippen LogP) is -2.62. The fraction of sp³-hybridized carbons (Fsp3) is 0.800. The third-order valence-corrected chi connectivity index (χ3v) is 1.78. The summed E-state index contributed by atoms with van der Waals surface area (Å²) in [6, 6.07) is 0. The Labute approximate surface area is 79.0 Å². The fourth-order valence-electron chi connectivity index (χ4n) is 0.646. The molecule has 0 bridgehead atoms. The number of carbonyl (C=O) groups is 1. The van der Waals surface area contributed by atoms with Crippen LogP contribution in [0.15, 0.2) is 0 Å². The number of phosphoric ester groups is 1. The maximum atomic E-state index is 10.9. The molecule has 0 aromatic heterocycles. The highest BCUT2D eigenvalue weighted by Gasteiger charge is 2.31. The summed E-state index contributed by atoms with van der Waals surface area (Å²) in [5.74, 6) is -1.20. The summed E-state index contributed by atoms with van der Waals surface area (Å²) in [6.07, 6.45) is -3.68. The first-order valence-electron chi connectivity index (χ1n) is 3.49. The SMILES string of the molecule is O=C([C@H](O)CO)[C@H](CO)OP(=O)(O)O. The molecule has 84 valence electrons. The van der Waals surface area contributed by atoms with Crippen LogP contribution in [-0.2, 0) is 13.9 Å². The quantitative estimate of drug-likeness (QED) is 0.312. The van der Waals surface area contributed by atoms with Crippen LogP contribution in [0.3, 0.4) is 0 Å². The van der Waals surface area contributed by atoms with Crippen molar-refractivity contribution in [1.82, 2.24) is 0 Å². The maximum absolute atomic E-state index is 10.9. The minimum atomic E-state index is -4.92. The molecule has 5 N–H and O–H groups in total. The third kappa shape index (κ3) is 4.77. The second kappa shape index (κ2) is 5.52. The summed E-state index contributed by atoms with van der Waals surface area (Å²) in [7, 11) is -4.92. The average Bonchev–Trinajstić information content (AvgIpc) is 2.10. The zero-order chi connectivity index (χ0) is 11.4. The number of hydrogen-bond donors (Lipinski definition) is 5. The second-order valence-electron chi connectivity index (χ2n) is 2.37. The zero-order valence-corrected chi connectivity index (χ0v) is 7.87. The molecule has 0 amide bonds. The molecule has 0 aliphatic rings. The highest BCUT2D eigenvalue weighted by atomic mass is 31.2. The Morgan fingerprint density at radius 1 is 1.29 bits per heavy atom. The first-order chi connectivity index (χ1) is 6.31. The average molecular weight is 230 g/mol. The Morgan fingerprint density at radius 2 is 1.79 bits per heavy atom. The Kier molecular flexibility index (Phi) is 5.38. The van der Waals surface area contributed by atoms with Crippen LogP contribution in [0.4, 0.5) is 0 Å². The van der Waals surface area contributed by atoms with E-state index in [-0.39, 0.29) is 0 Å². The normalized spacial score (nSPS) is 16.4. The van der Waals surface area contributed by atoms with E-state index in [1.165, 1.54) is 0 Å². The number of carbonyl (C=O) groups excluding carboxylic acids is 1. The molecule has 0 fully saturated rings. The van der Waals surface area contributed by atoms with Crippen molar-refractivity contribution in [2.75, 3.05) is 13.2 Å². The summed E-state index contributed by atoms with van der Waals surface area (Å²) in [5, 5.41) is 25.6. The number of aliphatic hydroxyl groups is 3. The topological polar surface area (TPSA) is 145 Å². The van der Waals surface area contributed by atoms with Gasteiger partial charge in [-0.15, -0.1) is 0 Å². The van der Waals surface area contributed by atoms with E-state index in [1.807, 2.05) is 0 Å². The van der Waals surface area contributed by atoms with Crippen molar-refractivity contribution < 1.29 is 39.0 Å². The Morgan fingerprint density at radius 3 is 2.07 bits per heavy atom. The van der Waals surface area contributed by atoms with Crippen molar-refractivity contribution in [2.24, 2.45) is 0 Å². The molecule has 0 radical (unpaired) electrons. The predicted molar refractivity (Wildman–Crippen MR) is 42.1 cm³/mol. The van der Waals surface area contributed by atoms with Crippen LogP contribution < -0.4 is 0 Å². The van der Waals surface area contributed by atoms with E-state index in [9.17, 15) is 9.36 Å². The number of Topliss-reactive ketones (excluding diaryl/α,β-unsaturated/α-hetero) is 1. The van der Waals surface area contributed by atoms with Crippen LogP contribution in [0.2, 0.25) is 0 Å². The first-order valence-corrected chi connectivity index (χ1v) is 5.02. The lowest BCUT2D eigenvalue weighted by atomic mass is 10.1. The van der Waals surface area contributed by atoms with Gasteiger partial charge in [-0.2, -0.15) is 0 Å². The molecule has 9 heteroatoms. The maximum Gasteiger partial charge on any atom is 0.470 e. The minimum Gasteiger partial charge on any atom is -0.393 e. The monoisotopic (exact) mass is 230 g/mol. The molecule has 0 rings (SSSR count). The molecule has 0 heterocycles. The highest BCUT2D eigenvalue weighted by Crippen LogP contribution is 2.37. The number of aliphatic hydroxyl groups excluding tert-OH is 3. The van der Waals surface area contributed by atoms with E-state index in [1.54, 1.807) is 0 Å². The van der Waals surface area contributed by atoms with E-state index < -0.39 is 39.0 Å². The van der Waals surface area contributed by atoms with Gasteiger partial charge in [0.1, 0.15) is 6.10 Å². The van der Waals surface area contributed by atoms with Crippen molar-refractivity contribution in [3.63, 3.8) is 0 Å². The van der Waals surface area contributed by atoms with Crippen molar-refractivity contribution in [3.05, 3.63) is 0 Å². The van der Waals surface area contributed by atoms with Gasteiger partial charge in [0.2, 0.25) is 0 Å². The van der Waals surface area contributed by atoms with Crippen molar-refractivity contribution >= 4 is 13.6 Å². The Bertz CT molecular complexity index is 234. The van der Waals surface area contributed by atoms with Crippen LogP contribution >= 0.6 is 7.82 Å². The molecular formula is C5H11O8P. The largest absolute Gasteiger partial charge is 0.470 e. The number of ketones is 1. The molecule has 0 saturated carbocycles. The molecule has 0 aliphatic carbocycles. The molecule has 0 aromatic carbocycles. The molecule has 0 spiro atoms. The third-order valence-electron chi connectivity index (χ3n) is 1.25. The molecule has 0 aliphatic heterocycles. The van der Waals surface area contributed by atoms with Crippen LogP contribution in [0.1, 0.15) is 0 Å². The number of rotatable bonds is 6. The summed E-state index contributed by atoms with van der Waals surface area (Å²) in [5.41, 5.74) is 0. The van der Waals surface area contributed by atoms with Gasteiger partial charge in [-0.05, 0) is 0 Å². The zero-order valence-electron chi connectivity index (χ0n) is 6.98. The standard InChI is InChI=1S/C5H11O8P/c6-1-3(8)5(9)4(2-7)13-14(10,11)12/h3-4,6-8H,1-2H2,(H2,10,11,12)/t3-,4+/m1/s1. The van der Waals surface area contributed by atoms with Crippen LogP contribution in [0, 0.1) is 0 Å². The van der Waals surface area contributed by atoms with E-state index in [2.05, 4.69) is 4.52 Å². The lowest BCUT2D eigenvalue weighted by molar-refractivity contribution is -0.138. The van der Waals surface area contributed by atoms with E-state index in [0.29, 0.717) is 0 Å². The van der Waals surface area contributed by atoms with Crippen molar-refractivity contribution in [2.45, 2.75) is 12.2 Å². The van der Waals surface area contributed by atoms with Gasteiger partial charge >= 0.3 is 7.82 Å². The van der Waals surface area contributed by atoms with E-state index in [0.717, 1.165) is 0 Å². The first kappa shape index (κ1) is 13.7. The van der Waals surface area contributed by atoms with Gasteiger partial charge < -0.3 is 25.1 Å². The van der Waals surface area contributed by atoms with E-state index in [4.69, 9.17) is 25.1 Å². The molecule has 0 aromatic rings. The van der Waals surface area contributed by atoms with Crippen molar-refractivity contribution in [3.8, 4) is 0 Å². The van der Waals surface area contributed by atoms with Gasteiger partial charge in [-0.3, -0.25) is 9.32 Å². The Hall–Kier alpha value is -0.340. The molecule has 8 nitrogen and oxygen atoms in total. The van der Waals surface area contributed by atoms with Gasteiger partial charge in [0.25, 0.3) is 0 Å². The molecule has 14 heavy (non-hydrogen) atoms. The molecule has 0 unspecified atom stereocenters. The van der Waals surface area contributed by atoms with E-state index >= 15 is 0 Å². The Balaban J connectivity index is 4.42. The lowest BCUT2D eigenvalue weighted by Crippen LogP contribution is -2.38. The van der Waals surface area contributed by atoms with Gasteiger partial charge in [-0.25, -0.2) is 4.57 Å². The smallest absolute Gasteiger partial charge is 0.393 e. The lowest BCUT2D eigenvalue weighted by Gasteiger charge is -2.16. The van der Waals surface area contributed by atoms with Crippen LogP contribution in [-0.4, -0.2) is 56.3 Å².